The lowest BCUT2D eigenvalue weighted by atomic mass is 10.0. The minimum Gasteiger partial charge on any atom is -0.508 e. The molecule has 3 N–H and O–H groups in total. The maximum atomic E-state index is 9.72. The number of para-hydroxylation sites is 2. The molecule has 0 spiro atoms. The number of aromatic hydroxyl groups is 1. The van der Waals surface area contributed by atoms with Gasteiger partial charge >= 0.3 is 0 Å². The Balaban J connectivity index is 1.28. The first-order valence-corrected chi connectivity index (χ1v) is 14.5. The van der Waals surface area contributed by atoms with Crippen molar-refractivity contribution in [3.8, 4) is 5.75 Å². The normalized spacial score (nSPS) is 11.1. The van der Waals surface area contributed by atoms with Gasteiger partial charge in [0.15, 0.2) is 0 Å². The number of anilines is 6. The average molecular weight is 573 g/mol. The summed E-state index contributed by atoms with van der Waals surface area (Å²) in [6.07, 6.45) is 0. The Hall–Kier alpha value is -4.94. The summed E-state index contributed by atoms with van der Waals surface area (Å²) < 4.78 is 6.66. The van der Waals surface area contributed by atoms with Crippen molar-refractivity contribution >= 4 is 34.1 Å². The highest BCUT2D eigenvalue weighted by molar-refractivity contribution is 5.64. The lowest BCUT2D eigenvalue weighted by Gasteiger charge is -2.38. The van der Waals surface area contributed by atoms with Crippen molar-refractivity contribution in [3.05, 3.63) is 139 Å². The molecular formula is C37H40N4O2. The molecule has 0 unspecified atom stereocenters. The smallest absolute Gasteiger partial charge is 0.115 e. The molecule has 0 aliphatic carbocycles. The molecule has 6 nitrogen and oxygen atoms in total. The van der Waals surface area contributed by atoms with E-state index in [4.69, 9.17) is 4.74 Å². The molecule has 43 heavy (non-hydrogen) atoms. The minimum absolute atomic E-state index is 0.251. The fourth-order valence-corrected chi connectivity index (χ4v) is 5.15. The van der Waals surface area contributed by atoms with Crippen LogP contribution in [-0.4, -0.2) is 37.9 Å². The van der Waals surface area contributed by atoms with Crippen molar-refractivity contribution in [3.63, 3.8) is 0 Å². The molecule has 0 aromatic heterocycles. The third-order valence-corrected chi connectivity index (χ3v) is 7.41. The first-order valence-electron chi connectivity index (χ1n) is 14.5. The second kappa shape index (κ2) is 13.8. The lowest BCUT2D eigenvalue weighted by Crippen LogP contribution is -2.49. The first-order chi connectivity index (χ1) is 20.8. The summed E-state index contributed by atoms with van der Waals surface area (Å²) in [7, 11) is 4.21. The number of nitrogens with one attached hydrogen (secondary N) is 2. The Kier molecular flexibility index (Phi) is 9.49. The number of rotatable bonds is 13. The number of likely N-dealkylation sites (N-methyl/N-ethyl adjacent to an activating group) is 2. The van der Waals surface area contributed by atoms with Crippen LogP contribution < -0.4 is 20.4 Å². The monoisotopic (exact) mass is 572 g/mol. The van der Waals surface area contributed by atoms with Crippen LogP contribution in [0.4, 0.5) is 34.1 Å². The van der Waals surface area contributed by atoms with Crippen molar-refractivity contribution in [1.82, 2.24) is 0 Å². The molecule has 5 aromatic carbocycles. The van der Waals surface area contributed by atoms with E-state index in [0.29, 0.717) is 19.7 Å². The zero-order chi connectivity index (χ0) is 30.1. The highest BCUT2D eigenvalue weighted by atomic mass is 16.5. The Labute approximate surface area is 255 Å². The number of phenols is 1. The number of hydrogen-bond acceptors (Lipinski definition) is 6. The zero-order valence-electron chi connectivity index (χ0n) is 25.1. The van der Waals surface area contributed by atoms with Gasteiger partial charge in [-0.25, -0.2) is 0 Å². The van der Waals surface area contributed by atoms with Crippen molar-refractivity contribution in [2.75, 3.05) is 47.6 Å². The molecule has 220 valence electrons. The van der Waals surface area contributed by atoms with E-state index in [1.165, 1.54) is 0 Å². The largest absolute Gasteiger partial charge is 0.508 e. The van der Waals surface area contributed by atoms with Crippen LogP contribution in [0.3, 0.4) is 0 Å². The molecule has 0 saturated carbocycles. The van der Waals surface area contributed by atoms with Crippen molar-refractivity contribution < 1.29 is 9.84 Å². The molecule has 0 radical (unpaired) electrons. The standard InChI is InChI=1S/C37H40N4O2/c1-37(43-26-29-14-24-36(42)25-15-29,27-40(2)34-20-16-32(17-21-34)38-30-10-6-4-7-11-30)28-41(3)35-22-18-33(19-23-35)39-31-12-8-5-9-13-31/h4-25,38-39,42H,26-28H2,1-3H3. The van der Waals surface area contributed by atoms with Gasteiger partial charge in [-0.05, 0) is 97.4 Å². The molecule has 5 aromatic rings. The molecule has 5 rings (SSSR count). The topological polar surface area (TPSA) is 60.0 Å². The van der Waals surface area contributed by atoms with Crippen LogP contribution in [0.1, 0.15) is 12.5 Å². The third kappa shape index (κ3) is 8.53. The predicted molar refractivity (Wildman–Crippen MR) is 180 cm³/mol. The van der Waals surface area contributed by atoms with Crippen molar-refractivity contribution in [2.45, 2.75) is 19.1 Å². The fourth-order valence-electron chi connectivity index (χ4n) is 5.15. The van der Waals surface area contributed by atoms with Gasteiger partial charge in [0, 0.05) is 61.3 Å². The zero-order valence-corrected chi connectivity index (χ0v) is 25.1. The van der Waals surface area contributed by atoms with E-state index in [9.17, 15) is 5.11 Å². The molecule has 0 saturated heterocycles. The van der Waals surface area contributed by atoms with E-state index in [1.807, 2.05) is 48.5 Å². The highest BCUT2D eigenvalue weighted by Crippen LogP contribution is 2.27. The maximum absolute atomic E-state index is 9.72. The van der Waals surface area contributed by atoms with E-state index in [2.05, 4.69) is 114 Å². The number of ether oxygens (including phenoxy) is 1. The summed E-state index contributed by atoms with van der Waals surface area (Å²) >= 11 is 0. The molecule has 0 aliphatic rings. The Bertz CT molecular complexity index is 1450. The highest BCUT2D eigenvalue weighted by Gasteiger charge is 2.29. The number of hydrogen-bond donors (Lipinski definition) is 3. The summed E-state index contributed by atoms with van der Waals surface area (Å²) in [6.45, 7) is 3.96. The summed E-state index contributed by atoms with van der Waals surface area (Å²) in [5.74, 6) is 0.251. The minimum atomic E-state index is -0.511. The molecular weight excluding hydrogens is 532 g/mol. The van der Waals surface area contributed by atoms with Crippen LogP contribution in [0.5, 0.6) is 5.75 Å². The lowest BCUT2D eigenvalue weighted by molar-refractivity contribution is -0.0304. The van der Waals surface area contributed by atoms with Crippen LogP contribution >= 0.6 is 0 Å². The van der Waals surface area contributed by atoms with E-state index in [-0.39, 0.29) is 5.75 Å². The van der Waals surface area contributed by atoms with Gasteiger partial charge in [-0.2, -0.15) is 0 Å². The molecule has 0 atom stereocenters. The average Bonchev–Trinajstić information content (AvgIpc) is 3.02. The number of phenolic OH excluding ortho intramolecular Hbond substituents is 1. The van der Waals surface area contributed by atoms with Gasteiger partial charge in [-0.3, -0.25) is 0 Å². The molecule has 0 bridgehead atoms. The van der Waals surface area contributed by atoms with Crippen LogP contribution in [0.25, 0.3) is 0 Å². The summed E-state index contributed by atoms with van der Waals surface area (Å²) in [4.78, 5) is 4.48. The Morgan fingerprint density at radius 3 is 1.37 bits per heavy atom. The van der Waals surface area contributed by atoms with Crippen LogP contribution in [-0.2, 0) is 11.3 Å². The van der Waals surface area contributed by atoms with Crippen molar-refractivity contribution in [2.24, 2.45) is 0 Å². The Morgan fingerprint density at radius 1 is 0.558 bits per heavy atom. The molecule has 0 amide bonds. The van der Waals surface area contributed by atoms with Gasteiger partial charge in [0.25, 0.3) is 0 Å². The summed E-state index contributed by atoms with van der Waals surface area (Å²) in [5, 5.41) is 16.6. The van der Waals surface area contributed by atoms with Gasteiger partial charge in [0.1, 0.15) is 11.4 Å². The van der Waals surface area contributed by atoms with E-state index < -0.39 is 5.60 Å². The summed E-state index contributed by atoms with van der Waals surface area (Å²) in [5.41, 5.74) is 6.93. The SMILES string of the molecule is CN(CC(C)(CN(C)c1ccc(Nc2ccccc2)cc1)OCc1ccc(O)cc1)c1ccc(Nc2ccccc2)cc1. The number of benzene rings is 5. The fraction of sp³-hybridized carbons (Fsp3) is 0.189. The van der Waals surface area contributed by atoms with Gasteiger partial charge in [0.2, 0.25) is 0 Å². The third-order valence-electron chi connectivity index (χ3n) is 7.41. The second-order valence-electron chi connectivity index (χ2n) is 11.2. The van der Waals surface area contributed by atoms with Crippen LogP contribution in [0.15, 0.2) is 133 Å². The summed E-state index contributed by atoms with van der Waals surface area (Å²) in [6, 6.07) is 44.5. The maximum Gasteiger partial charge on any atom is 0.115 e. The Morgan fingerprint density at radius 2 is 0.953 bits per heavy atom. The molecule has 6 heteroatoms. The quantitative estimate of drug-likeness (QED) is 0.132. The van der Waals surface area contributed by atoms with Gasteiger partial charge < -0.3 is 30.3 Å². The van der Waals surface area contributed by atoms with Gasteiger partial charge in [-0.15, -0.1) is 0 Å². The molecule has 0 aliphatic heterocycles. The first kappa shape index (κ1) is 29.5. The van der Waals surface area contributed by atoms with Gasteiger partial charge in [-0.1, -0.05) is 48.5 Å². The van der Waals surface area contributed by atoms with Crippen LogP contribution in [0.2, 0.25) is 0 Å². The van der Waals surface area contributed by atoms with Crippen molar-refractivity contribution in [1.29, 1.82) is 0 Å². The molecule has 0 fully saturated rings. The predicted octanol–water partition coefficient (Wildman–Crippen LogP) is 8.43. The second-order valence-corrected chi connectivity index (χ2v) is 11.2. The van der Waals surface area contributed by atoms with E-state index >= 15 is 0 Å². The van der Waals surface area contributed by atoms with E-state index in [0.717, 1.165) is 39.7 Å². The molecule has 0 heterocycles. The van der Waals surface area contributed by atoms with Gasteiger partial charge in [0.05, 0.1) is 6.61 Å². The van der Waals surface area contributed by atoms with E-state index in [1.54, 1.807) is 12.1 Å². The number of nitrogens with zero attached hydrogens (tertiary/aromatic N) is 2. The van der Waals surface area contributed by atoms with Crippen LogP contribution in [0, 0.1) is 0 Å².